The standard InChI is InChI=1S/C34H27N7O3S/c42-33(44-41-31-9-5-4-8-29(31)36-38-41)25-12-10-23(11-13-25)30-22-40-34(35-30)45-32(37-40)24-14-16-27(17-15-24)43-28-18-20-39(21-19-28)26-6-2-1-3-7-26/h1-17,22,28H,18-21H2. The molecule has 0 N–H and O–H groups in total. The van der Waals surface area contributed by atoms with Crippen LogP contribution in [0.3, 0.4) is 0 Å². The van der Waals surface area contributed by atoms with Gasteiger partial charge in [0.25, 0.3) is 0 Å². The minimum Gasteiger partial charge on any atom is -0.490 e. The van der Waals surface area contributed by atoms with Crippen molar-refractivity contribution in [3.63, 3.8) is 0 Å². The van der Waals surface area contributed by atoms with Gasteiger partial charge in [-0.05, 0) is 65.9 Å². The fraction of sp³-hybridized carbons (Fsp3) is 0.147. The lowest BCUT2D eigenvalue weighted by Crippen LogP contribution is -2.38. The maximum atomic E-state index is 12.7. The molecule has 222 valence electrons. The lowest BCUT2D eigenvalue weighted by atomic mass is 10.1. The number of fused-ring (bicyclic) bond motifs is 2. The summed E-state index contributed by atoms with van der Waals surface area (Å²) in [5.74, 6) is 0.349. The lowest BCUT2D eigenvalue weighted by Gasteiger charge is -2.33. The first kappa shape index (κ1) is 27.0. The third-order valence-electron chi connectivity index (χ3n) is 7.92. The fourth-order valence-corrected chi connectivity index (χ4v) is 6.40. The Morgan fingerprint density at radius 3 is 2.33 bits per heavy atom. The van der Waals surface area contributed by atoms with E-state index in [2.05, 4.69) is 45.5 Å². The van der Waals surface area contributed by atoms with E-state index < -0.39 is 5.97 Å². The SMILES string of the molecule is O=C(On1nnc2ccccc21)c1ccc(-c2cn3nc(-c4ccc(OC5CCN(c6ccccc6)CC5)cc4)sc3n2)cc1. The van der Waals surface area contributed by atoms with Gasteiger partial charge in [-0.15, -0.1) is 5.10 Å². The molecule has 10 nitrogen and oxygen atoms in total. The monoisotopic (exact) mass is 613 g/mol. The minimum absolute atomic E-state index is 0.214. The number of rotatable bonds is 7. The van der Waals surface area contributed by atoms with Crippen LogP contribution in [0.5, 0.6) is 5.75 Å². The molecule has 0 atom stereocenters. The van der Waals surface area contributed by atoms with Gasteiger partial charge in [0.15, 0.2) is 0 Å². The second kappa shape index (κ2) is 11.5. The van der Waals surface area contributed by atoms with Gasteiger partial charge in [0.05, 0.1) is 17.5 Å². The molecule has 1 saturated heterocycles. The number of hydrogen-bond donors (Lipinski definition) is 0. The van der Waals surface area contributed by atoms with Crippen LogP contribution in [0.2, 0.25) is 0 Å². The molecule has 1 aliphatic rings. The van der Waals surface area contributed by atoms with Crippen LogP contribution in [0, 0.1) is 0 Å². The number of carbonyl (C=O) groups excluding carboxylic acids is 1. The van der Waals surface area contributed by atoms with Crippen molar-refractivity contribution in [2.45, 2.75) is 18.9 Å². The number of nitrogens with zero attached hydrogens (tertiary/aromatic N) is 7. The number of imidazole rings is 1. The molecule has 1 aliphatic heterocycles. The molecule has 11 heteroatoms. The number of anilines is 1. The summed E-state index contributed by atoms with van der Waals surface area (Å²) in [6.45, 7) is 1.98. The first-order valence-electron chi connectivity index (χ1n) is 14.7. The van der Waals surface area contributed by atoms with Crippen molar-refractivity contribution < 1.29 is 14.4 Å². The van der Waals surface area contributed by atoms with Crippen LogP contribution in [-0.2, 0) is 0 Å². The molecule has 45 heavy (non-hydrogen) atoms. The summed E-state index contributed by atoms with van der Waals surface area (Å²) in [6, 6.07) is 33.1. The summed E-state index contributed by atoms with van der Waals surface area (Å²) in [5, 5.41) is 13.6. The number of carbonyl (C=O) groups is 1. The Bertz CT molecular complexity index is 2060. The van der Waals surface area contributed by atoms with Crippen molar-refractivity contribution in [1.29, 1.82) is 0 Å². The zero-order valence-corrected chi connectivity index (χ0v) is 24.9. The Labute approximate surface area is 262 Å². The van der Waals surface area contributed by atoms with Gasteiger partial charge in [0.1, 0.15) is 27.9 Å². The summed E-state index contributed by atoms with van der Waals surface area (Å²) in [6.07, 6.45) is 4.10. The molecule has 0 bridgehead atoms. The van der Waals surface area contributed by atoms with Crippen LogP contribution in [0.4, 0.5) is 5.69 Å². The van der Waals surface area contributed by atoms with Crippen molar-refractivity contribution in [3.8, 4) is 27.6 Å². The highest BCUT2D eigenvalue weighted by Crippen LogP contribution is 2.30. The van der Waals surface area contributed by atoms with Gasteiger partial charge >= 0.3 is 5.97 Å². The smallest absolute Gasteiger partial charge is 0.365 e. The van der Waals surface area contributed by atoms with Crippen LogP contribution in [0.1, 0.15) is 23.2 Å². The van der Waals surface area contributed by atoms with Crippen LogP contribution in [0.15, 0.2) is 109 Å². The van der Waals surface area contributed by atoms with E-state index >= 15 is 0 Å². The molecule has 8 rings (SSSR count). The number of aromatic nitrogens is 6. The molecule has 0 spiro atoms. The average molecular weight is 614 g/mol. The summed E-state index contributed by atoms with van der Waals surface area (Å²) in [7, 11) is 0. The third kappa shape index (κ3) is 5.49. The van der Waals surface area contributed by atoms with Crippen molar-refractivity contribution in [2.24, 2.45) is 0 Å². The Morgan fingerprint density at radius 1 is 0.822 bits per heavy atom. The van der Waals surface area contributed by atoms with Gasteiger partial charge in [0, 0.05) is 42.7 Å². The number of benzene rings is 4. The van der Waals surface area contributed by atoms with Crippen LogP contribution in [0.25, 0.3) is 37.8 Å². The molecule has 4 aromatic carbocycles. The Kier molecular flexibility index (Phi) is 6.91. The first-order chi connectivity index (χ1) is 22.2. The van der Waals surface area contributed by atoms with Crippen molar-refractivity contribution >= 4 is 39.0 Å². The number of hydrogen-bond acceptors (Lipinski definition) is 9. The molecule has 0 saturated carbocycles. The van der Waals surface area contributed by atoms with Gasteiger partial charge in [-0.3, -0.25) is 0 Å². The van der Waals surface area contributed by atoms with E-state index in [-0.39, 0.29) is 6.10 Å². The Balaban J connectivity index is 0.896. The quantitative estimate of drug-likeness (QED) is 0.196. The lowest BCUT2D eigenvalue weighted by molar-refractivity contribution is 0.0409. The van der Waals surface area contributed by atoms with E-state index in [0.29, 0.717) is 16.6 Å². The van der Waals surface area contributed by atoms with Crippen LogP contribution in [-0.4, -0.2) is 54.9 Å². The Morgan fingerprint density at radius 2 is 1.56 bits per heavy atom. The van der Waals surface area contributed by atoms with Gasteiger partial charge < -0.3 is 14.5 Å². The van der Waals surface area contributed by atoms with E-state index in [9.17, 15) is 4.79 Å². The van der Waals surface area contributed by atoms with Gasteiger partial charge in [-0.25, -0.2) is 14.3 Å². The third-order valence-corrected chi connectivity index (χ3v) is 8.89. The highest BCUT2D eigenvalue weighted by atomic mass is 32.1. The fourth-order valence-electron chi connectivity index (χ4n) is 5.52. The highest BCUT2D eigenvalue weighted by molar-refractivity contribution is 7.19. The Hall–Kier alpha value is -5.55. The largest absolute Gasteiger partial charge is 0.490 e. The predicted octanol–water partition coefficient (Wildman–Crippen LogP) is 6.19. The van der Waals surface area contributed by atoms with Crippen molar-refractivity contribution in [2.75, 3.05) is 18.0 Å². The first-order valence-corrected chi connectivity index (χ1v) is 15.5. The van der Waals surface area contributed by atoms with E-state index in [1.54, 1.807) is 28.8 Å². The minimum atomic E-state index is -0.529. The molecular weight excluding hydrogens is 586 g/mol. The summed E-state index contributed by atoms with van der Waals surface area (Å²) >= 11 is 1.52. The molecule has 1 fully saturated rings. The summed E-state index contributed by atoms with van der Waals surface area (Å²) < 4.78 is 8.10. The molecule has 3 aromatic heterocycles. The molecule has 0 aliphatic carbocycles. The van der Waals surface area contributed by atoms with Gasteiger partial charge in [-0.2, -0.15) is 5.10 Å². The molecule has 4 heterocycles. The second-order valence-corrected chi connectivity index (χ2v) is 11.8. The van der Waals surface area contributed by atoms with Crippen LogP contribution < -0.4 is 14.5 Å². The van der Waals surface area contributed by atoms with Crippen LogP contribution >= 0.6 is 11.3 Å². The predicted molar refractivity (Wildman–Crippen MR) is 172 cm³/mol. The zero-order chi connectivity index (χ0) is 30.2. The highest BCUT2D eigenvalue weighted by Gasteiger charge is 2.21. The maximum Gasteiger partial charge on any atom is 0.365 e. The van der Waals surface area contributed by atoms with E-state index in [1.807, 2.05) is 54.7 Å². The average Bonchev–Trinajstić information content (AvgIpc) is 3.80. The van der Waals surface area contributed by atoms with E-state index in [0.717, 1.165) is 63.3 Å². The number of para-hydroxylation sites is 2. The second-order valence-electron chi connectivity index (χ2n) is 10.8. The number of ether oxygens (including phenoxy) is 1. The molecular formula is C34H27N7O3S. The normalized spacial score (nSPS) is 13.8. The van der Waals surface area contributed by atoms with Crippen molar-refractivity contribution in [3.05, 3.63) is 115 Å². The summed E-state index contributed by atoms with van der Waals surface area (Å²) in [4.78, 5) is 27.2. The zero-order valence-electron chi connectivity index (χ0n) is 24.1. The molecule has 0 radical (unpaired) electrons. The number of piperidine rings is 1. The maximum absolute atomic E-state index is 12.7. The molecule has 0 unspecified atom stereocenters. The molecule has 7 aromatic rings. The van der Waals surface area contributed by atoms with Crippen molar-refractivity contribution in [1.82, 2.24) is 29.8 Å². The van der Waals surface area contributed by atoms with E-state index in [1.165, 1.54) is 17.0 Å². The van der Waals surface area contributed by atoms with E-state index in [4.69, 9.17) is 19.7 Å². The van der Waals surface area contributed by atoms with Gasteiger partial charge in [0.2, 0.25) is 4.96 Å². The molecule has 0 amide bonds. The topological polar surface area (TPSA) is 99.7 Å². The summed E-state index contributed by atoms with van der Waals surface area (Å²) in [5.41, 5.74) is 5.58. The van der Waals surface area contributed by atoms with Gasteiger partial charge in [-0.1, -0.05) is 58.6 Å².